The Labute approximate surface area is 133 Å². The van der Waals surface area contributed by atoms with E-state index in [0.29, 0.717) is 12.1 Å². The van der Waals surface area contributed by atoms with E-state index in [1.807, 2.05) is 0 Å². The standard InChI is InChI=1S/C18H24N2.ClH/c1-14(20-11-5-8-18(13-20)19-2)16-10-9-15-6-3-4-7-17(15)12-16;/h3-4,6-7,9-10,12,14,18-19H,5,8,11,13H2,1-2H3;1H. The van der Waals surface area contributed by atoms with Crippen LogP contribution in [0.15, 0.2) is 42.5 Å². The molecule has 1 saturated heterocycles. The minimum atomic E-state index is 0. The van der Waals surface area contributed by atoms with Crippen LogP contribution in [0.4, 0.5) is 0 Å². The molecule has 1 N–H and O–H groups in total. The second kappa shape index (κ2) is 7.26. The molecule has 2 unspecified atom stereocenters. The summed E-state index contributed by atoms with van der Waals surface area (Å²) in [7, 11) is 2.08. The number of hydrogen-bond acceptors (Lipinski definition) is 2. The fourth-order valence-corrected chi connectivity index (χ4v) is 3.27. The molecular weight excluding hydrogens is 280 g/mol. The predicted molar refractivity (Wildman–Crippen MR) is 93.3 cm³/mol. The number of nitrogens with one attached hydrogen (secondary N) is 1. The lowest BCUT2D eigenvalue weighted by Gasteiger charge is -2.37. The van der Waals surface area contributed by atoms with Gasteiger partial charge in [0.1, 0.15) is 0 Å². The van der Waals surface area contributed by atoms with Crippen molar-refractivity contribution in [3.8, 4) is 0 Å². The number of benzene rings is 2. The van der Waals surface area contributed by atoms with E-state index in [-0.39, 0.29) is 12.4 Å². The fourth-order valence-electron chi connectivity index (χ4n) is 3.27. The van der Waals surface area contributed by atoms with Gasteiger partial charge in [0.2, 0.25) is 0 Å². The molecule has 3 heteroatoms. The maximum Gasteiger partial charge on any atom is 0.0320 e. The molecule has 2 aromatic rings. The van der Waals surface area contributed by atoms with Crippen molar-refractivity contribution in [3.05, 3.63) is 48.0 Å². The largest absolute Gasteiger partial charge is 0.316 e. The summed E-state index contributed by atoms with van der Waals surface area (Å²) in [6, 6.07) is 16.6. The van der Waals surface area contributed by atoms with Crippen molar-refractivity contribution in [1.82, 2.24) is 10.2 Å². The van der Waals surface area contributed by atoms with Gasteiger partial charge in [-0.05, 0) is 55.8 Å². The average molecular weight is 305 g/mol. The molecule has 3 rings (SSSR count). The number of halogens is 1. The zero-order valence-electron chi connectivity index (χ0n) is 12.9. The van der Waals surface area contributed by atoms with E-state index in [0.717, 1.165) is 6.54 Å². The van der Waals surface area contributed by atoms with E-state index in [9.17, 15) is 0 Å². The Balaban J connectivity index is 0.00000161. The maximum atomic E-state index is 3.43. The van der Waals surface area contributed by atoms with Gasteiger partial charge in [-0.1, -0.05) is 36.4 Å². The molecule has 2 nitrogen and oxygen atoms in total. The van der Waals surface area contributed by atoms with Crippen molar-refractivity contribution in [2.75, 3.05) is 20.1 Å². The highest BCUT2D eigenvalue weighted by Gasteiger charge is 2.23. The third kappa shape index (κ3) is 3.57. The second-order valence-corrected chi connectivity index (χ2v) is 5.91. The van der Waals surface area contributed by atoms with Crippen LogP contribution in [0.2, 0.25) is 0 Å². The number of hydrogen-bond donors (Lipinski definition) is 1. The van der Waals surface area contributed by atoms with Crippen LogP contribution in [-0.4, -0.2) is 31.1 Å². The molecule has 1 aliphatic rings. The van der Waals surface area contributed by atoms with Gasteiger partial charge in [0.05, 0.1) is 0 Å². The lowest BCUT2D eigenvalue weighted by atomic mass is 9.98. The Hall–Kier alpha value is -1.09. The molecule has 0 amide bonds. The van der Waals surface area contributed by atoms with Crippen LogP contribution in [-0.2, 0) is 0 Å². The molecule has 21 heavy (non-hydrogen) atoms. The summed E-state index contributed by atoms with van der Waals surface area (Å²) in [6.45, 7) is 4.71. The third-order valence-electron chi connectivity index (χ3n) is 4.66. The molecule has 0 aliphatic carbocycles. The fraction of sp³-hybridized carbons (Fsp3) is 0.444. The first-order valence-corrected chi connectivity index (χ1v) is 7.68. The third-order valence-corrected chi connectivity index (χ3v) is 4.66. The van der Waals surface area contributed by atoms with Crippen LogP contribution in [0.5, 0.6) is 0 Å². The van der Waals surface area contributed by atoms with Gasteiger partial charge >= 0.3 is 0 Å². The van der Waals surface area contributed by atoms with Gasteiger partial charge in [0.25, 0.3) is 0 Å². The van der Waals surface area contributed by atoms with Gasteiger partial charge in [0, 0.05) is 18.6 Å². The van der Waals surface area contributed by atoms with Crippen LogP contribution in [0.25, 0.3) is 10.8 Å². The molecule has 2 atom stereocenters. The van der Waals surface area contributed by atoms with Crippen molar-refractivity contribution in [1.29, 1.82) is 0 Å². The zero-order valence-corrected chi connectivity index (χ0v) is 13.7. The molecule has 1 heterocycles. The number of likely N-dealkylation sites (tertiary alicyclic amines) is 1. The minimum Gasteiger partial charge on any atom is -0.316 e. The summed E-state index contributed by atoms with van der Waals surface area (Å²) < 4.78 is 0. The van der Waals surface area contributed by atoms with Crippen LogP contribution < -0.4 is 5.32 Å². The predicted octanol–water partition coefficient (Wildman–Crippen LogP) is 4.01. The number of piperidine rings is 1. The van der Waals surface area contributed by atoms with E-state index in [1.165, 1.54) is 35.7 Å². The Bertz CT molecular complexity index is 584. The SMILES string of the molecule is CNC1CCCN(C(C)c2ccc3ccccc3c2)C1.Cl. The number of rotatable bonds is 3. The normalized spacial score (nSPS) is 21.0. The highest BCUT2D eigenvalue weighted by atomic mass is 35.5. The van der Waals surface area contributed by atoms with E-state index in [1.54, 1.807) is 0 Å². The minimum absolute atomic E-state index is 0. The van der Waals surface area contributed by atoms with E-state index in [2.05, 4.69) is 66.7 Å². The Morgan fingerprint density at radius 3 is 2.67 bits per heavy atom. The maximum absolute atomic E-state index is 3.43. The van der Waals surface area contributed by atoms with Crippen molar-refractivity contribution in [2.24, 2.45) is 0 Å². The molecule has 0 radical (unpaired) electrons. The molecule has 1 fully saturated rings. The summed E-state index contributed by atoms with van der Waals surface area (Å²) in [4.78, 5) is 2.61. The smallest absolute Gasteiger partial charge is 0.0320 e. The van der Waals surface area contributed by atoms with Gasteiger partial charge in [-0.2, -0.15) is 0 Å². The number of likely N-dealkylation sites (N-methyl/N-ethyl adjacent to an activating group) is 1. The Kier molecular flexibility index (Phi) is 5.63. The summed E-state index contributed by atoms with van der Waals surface area (Å²) in [6.07, 6.45) is 2.60. The molecular formula is C18H25ClN2. The molecule has 0 aromatic heterocycles. The summed E-state index contributed by atoms with van der Waals surface area (Å²) in [5, 5.41) is 6.10. The molecule has 0 spiro atoms. The Morgan fingerprint density at radius 1 is 1.14 bits per heavy atom. The first-order chi connectivity index (χ1) is 9.78. The van der Waals surface area contributed by atoms with Crippen LogP contribution in [0, 0.1) is 0 Å². The number of nitrogens with zero attached hydrogens (tertiary/aromatic N) is 1. The molecule has 2 aromatic carbocycles. The Morgan fingerprint density at radius 2 is 1.90 bits per heavy atom. The first-order valence-electron chi connectivity index (χ1n) is 7.68. The van der Waals surface area contributed by atoms with E-state index < -0.39 is 0 Å². The molecule has 114 valence electrons. The molecule has 0 bridgehead atoms. The lowest BCUT2D eigenvalue weighted by molar-refractivity contribution is 0.149. The van der Waals surface area contributed by atoms with Gasteiger partial charge in [-0.25, -0.2) is 0 Å². The number of fused-ring (bicyclic) bond motifs is 1. The highest BCUT2D eigenvalue weighted by Crippen LogP contribution is 2.26. The van der Waals surface area contributed by atoms with Gasteiger partial charge in [-0.3, -0.25) is 4.90 Å². The van der Waals surface area contributed by atoms with Gasteiger partial charge < -0.3 is 5.32 Å². The van der Waals surface area contributed by atoms with E-state index in [4.69, 9.17) is 0 Å². The van der Waals surface area contributed by atoms with Crippen LogP contribution in [0.3, 0.4) is 0 Å². The summed E-state index contributed by atoms with van der Waals surface area (Å²) in [5.41, 5.74) is 1.43. The first kappa shape index (κ1) is 16.3. The highest BCUT2D eigenvalue weighted by molar-refractivity contribution is 5.85. The summed E-state index contributed by atoms with van der Waals surface area (Å²) >= 11 is 0. The molecule has 0 saturated carbocycles. The average Bonchev–Trinajstić information content (AvgIpc) is 2.53. The van der Waals surface area contributed by atoms with Gasteiger partial charge in [-0.15, -0.1) is 12.4 Å². The van der Waals surface area contributed by atoms with Crippen molar-refractivity contribution >= 4 is 23.2 Å². The van der Waals surface area contributed by atoms with Crippen LogP contribution >= 0.6 is 12.4 Å². The lowest BCUT2D eigenvalue weighted by Crippen LogP contribution is -2.45. The summed E-state index contributed by atoms with van der Waals surface area (Å²) in [5.74, 6) is 0. The monoisotopic (exact) mass is 304 g/mol. The zero-order chi connectivity index (χ0) is 13.9. The second-order valence-electron chi connectivity index (χ2n) is 5.91. The molecule has 1 aliphatic heterocycles. The van der Waals surface area contributed by atoms with Gasteiger partial charge in [0.15, 0.2) is 0 Å². The quantitative estimate of drug-likeness (QED) is 0.922. The van der Waals surface area contributed by atoms with Crippen molar-refractivity contribution in [2.45, 2.75) is 31.8 Å². The van der Waals surface area contributed by atoms with E-state index >= 15 is 0 Å². The van der Waals surface area contributed by atoms with Crippen LogP contribution in [0.1, 0.15) is 31.4 Å². The van der Waals surface area contributed by atoms with Crippen molar-refractivity contribution < 1.29 is 0 Å². The van der Waals surface area contributed by atoms with Crippen molar-refractivity contribution in [3.63, 3.8) is 0 Å². The topological polar surface area (TPSA) is 15.3 Å².